The second-order valence-corrected chi connectivity index (χ2v) is 8.18. The summed E-state index contributed by atoms with van der Waals surface area (Å²) in [6.07, 6.45) is 0. The van der Waals surface area contributed by atoms with Crippen molar-refractivity contribution in [3.63, 3.8) is 0 Å². The Bertz CT molecular complexity index is 1160. The number of carboxylic acid groups (broad SMARTS) is 1. The van der Waals surface area contributed by atoms with Gasteiger partial charge in [0.2, 0.25) is 0 Å². The standard InChI is InChI=1S/C19H18N6O3S2/c1-11-9-15(25(7-8-28-2)19-21-13(10-29-19)17(26)27)23-24-16(11)22-18-20-12-5-3-4-6-14(12)30-18/h3-6,9-10H,7-8H2,1-2H3,(H,26,27)(H,20,22,24). The van der Waals surface area contributed by atoms with E-state index in [9.17, 15) is 4.79 Å². The number of fused-ring (bicyclic) bond motifs is 1. The van der Waals surface area contributed by atoms with Gasteiger partial charge in [-0.05, 0) is 30.7 Å². The lowest BCUT2D eigenvalue weighted by atomic mass is 10.3. The van der Waals surface area contributed by atoms with E-state index in [0.717, 1.165) is 20.9 Å². The number of hydrogen-bond donors (Lipinski definition) is 2. The molecule has 0 saturated carbocycles. The van der Waals surface area contributed by atoms with Crippen LogP contribution in [0.2, 0.25) is 0 Å². The van der Waals surface area contributed by atoms with Gasteiger partial charge in [0.1, 0.15) is 0 Å². The molecule has 0 fully saturated rings. The van der Waals surface area contributed by atoms with Crippen LogP contribution in [-0.2, 0) is 4.74 Å². The summed E-state index contributed by atoms with van der Waals surface area (Å²) in [7, 11) is 1.60. The van der Waals surface area contributed by atoms with E-state index in [1.54, 1.807) is 23.3 Å². The Hall–Kier alpha value is -3.15. The Kier molecular flexibility index (Phi) is 5.84. The van der Waals surface area contributed by atoms with E-state index >= 15 is 0 Å². The van der Waals surface area contributed by atoms with Gasteiger partial charge in [-0.25, -0.2) is 14.8 Å². The van der Waals surface area contributed by atoms with Crippen molar-refractivity contribution in [3.8, 4) is 0 Å². The summed E-state index contributed by atoms with van der Waals surface area (Å²) in [4.78, 5) is 21.7. The van der Waals surface area contributed by atoms with Crippen molar-refractivity contribution in [1.29, 1.82) is 0 Å². The number of carboxylic acids is 1. The Balaban J connectivity index is 1.60. The number of hydrogen-bond acceptors (Lipinski definition) is 10. The minimum atomic E-state index is -1.07. The van der Waals surface area contributed by atoms with Crippen molar-refractivity contribution in [2.24, 2.45) is 0 Å². The van der Waals surface area contributed by atoms with E-state index in [-0.39, 0.29) is 5.69 Å². The number of methoxy groups -OCH3 is 1. The smallest absolute Gasteiger partial charge is 0.355 e. The zero-order valence-electron chi connectivity index (χ0n) is 16.2. The van der Waals surface area contributed by atoms with E-state index in [4.69, 9.17) is 9.84 Å². The summed E-state index contributed by atoms with van der Waals surface area (Å²) < 4.78 is 6.27. The van der Waals surface area contributed by atoms with Crippen LogP contribution >= 0.6 is 22.7 Å². The highest BCUT2D eigenvalue weighted by molar-refractivity contribution is 7.22. The van der Waals surface area contributed by atoms with Crippen molar-refractivity contribution in [1.82, 2.24) is 20.2 Å². The number of ether oxygens (including phenoxy) is 1. The zero-order valence-corrected chi connectivity index (χ0v) is 17.8. The van der Waals surface area contributed by atoms with Gasteiger partial charge in [0.15, 0.2) is 27.6 Å². The molecule has 0 unspecified atom stereocenters. The number of nitrogens with zero attached hydrogens (tertiary/aromatic N) is 5. The third kappa shape index (κ3) is 4.22. The predicted octanol–water partition coefficient (Wildman–Crippen LogP) is 4.08. The highest BCUT2D eigenvalue weighted by Crippen LogP contribution is 2.31. The van der Waals surface area contributed by atoms with Gasteiger partial charge in [0.25, 0.3) is 0 Å². The van der Waals surface area contributed by atoms with Gasteiger partial charge in [0, 0.05) is 12.5 Å². The zero-order chi connectivity index (χ0) is 21.1. The number of aromatic nitrogens is 4. The van der Waals surface area contributed by atoms with Crippen molar-refractivity contribution in [2.45, 2.75) is 6.92 Å². The normalized spacial score (nSPS) is 11.0. The topological polar surface area (TPSA) is 113 Å². The fourth-order valence-electron chi connectivity index (χ4n) is 2.73. The first-order chi connectivity index (χ1) is 14.5. The Morgan fingerprint density at radius 1 is 1.27 bits per heavy atom. The first-order valence-electron chi connectivity index (χ1n) is 8.97. The van der Waals surface area contributed by atoms with Crippen LogP contribution in [0.25, 0.3) is 10.2 Å². The lowest BCUT2D eigenvalue weighted by Gasteiger charge is -2.20. The van der Waals surface area contributed by atoms with Crippen LogP contribution in [0.3, 0.4) is 0 Å². The van der Waals surface area contributed by atoms with Gasteiger partial charge in [-0.1, -0.05) is 23.5 Å². The van der Waals surface area contributed by atoms with Crippen LogP contribution in [0.1, 0.15) is 16.1 Å². The summed E-state index contributed by atoms with van der Waals surface area (Å²) >= 11 is 2.78. The third-order valence-electron chi connectivity index (χ3n) is 4.23. The molecule has 3 heterocycles. The first kappa shape index (κ1) is 20.1. The van der Waals surface area contributed by atoms with Crippen molar-refractivity contribution in [3.05, 3.63) is 47.0 Å². The van der Waals surface area contributed by atoms with Crippen molar-refractivity contribution >= 4 is 60.8 Å². The maximum Gasteiger partial charge on any atom is 0.355 e. The van der Waals surface area contributed by atoms with Crippen LogP contribution in [-0.4, -0.2) is 51.5 Å². The lowest BCUT2D eigenvalue weighted by molar-refractivity contribution is 0.0691. The van der Waals surface area contributed by atoms with Crippen molar-refractivity contribution < 1.29 is 14.6 Å². The molecule has 4 aromatic rings. The van der Waals surface area contributed by atoms with Crippen LogP contribution in [0.5, 0.6) is 0 Å². The summed E-state index contributed by atoms with van der Waals surface area (Å²) in [6, 6.07) is 9.79. The molecular weight excluding hydrogens is 424 g/mol. The molecule has 0 amide bonds. The number of benzene rings is 1. The molecule has 3 aromatic heterocycles. The van der Waals surface area contributed by atoms with E-state index in [1.807, 2.05) is 37.3 Å². The molecular formula is C19H18N6O3S2. The van der Waals surface area contributed by atoms with Gasteiger partial charge in [-0.2, -0.15) is 0 Å². The average Bonchev–Trinajstić information content (AvgIpc) is 3.37. The molecule has 4 rings (SSSR count). The molecule has 2 N–H and O–H groups in total. The fraction of sp³-hybridized carbons (Fsp3) is 0.211. The molecule has 1 aromatic carbocycles. The fourth-order valence-corrected chi connectivity index (χ4v) is 4.43. The first-order valence-corrected chi connectivity index (χ1v) is 10.7. The van der Waals surface area contributed by atoms with E-state index in [2.05, 4.69) is 25.5 Å². The predicted molar refractivity (Wildman–Crippen MR) is 118 cm³/mol. The minimum absolute atomic E-state index is 0.00350. The number of rotatable bonds is 8. The van der Waals surface area contributed by atoms with Crippen LogP contribution in [0.15, 0.2) is 35.7 Å². The quantitative estimate of drug-likeness (QED) is 0.417. The van der Waals surface area contributed by atoms with Gasteiger partial charge >= 0.3 is 5.97 Å². The lowest BCUT2D eigenvalue weighted by Crippen LogP contribution is -2.23. The van der Waals surface area contributed by atoms with Crippen LogP contribution in [0, 0.1) is 6.92 Å². The summed E-state index contributed by atoms with van der Waals surface area (Å²) in [5, 5.41) is 23.8. The van der Waals surface area contributed by atoms with Gasteiger partial charge < -0.3 is 15.2 Å². The molecule has 0 radical (unpaired) electrons. The van der Waals surface area contributed by atoms with Gasteiger partial charge in [-0.3, -0.25) is 4.90 Å². The van der Waals surface area contributed by atoms with Crippen LogP contribution < -0.4 is 10.2 Å². The summed E-state index contributed by atoms with van der Waals surface area (Å²) in [5.74, 6) is 0.0994. The van der Waals surface area contributed by atoms with Crippen molar-refractivity contribution in [2.75, 3.05) is 30.5 Å². The Labute approximate surface area is 180 Å². The number of nitrogens with one attached hydrogen (secondary N) is 1. The maximum atomic E-state index is 11.2. The second kappa shape index (κ2) is 8.69. The number of thiazole rings is 2. The number of aryl methyl sites for hydroxylation is 1. The number of anilines is 4. The molecule has 0 bridgehead atoms. The molecule has 0 aliphatic carbocycles. The highest BCUT2D eigenvalue weighted by Gasteiger charge is 2.19. The number of para-hydroxylation sites is 1. The molecule has 9 nitrogen and oxygen atoms in total. The molecule has 0 aliphatic rings. The maximum absolute atomic E-state index is 11.2. The average molecular weight is 443 g/mol. The SMILES string of the molecule is COCCN(c1cc(C)c(Nc2nc3ccccc3s2)nn1)c1nc(C(=O)O)cs1. The van der Waals surface area contributed by atoms with E-state index in [1.165, 1.54) is 16.7 Å². The summed E-state index contributed by atoms with van der Waals surface area (Å²) in [5.41, 5.74) is 1.80. The largest absolute Gasteiger partial charge is 0.476 e. The minimum Gasteiger partial charge on any atom is -0.476 e. The molecule has 30 heavy (non-hydrogen) atoms. The second-order valence-electron chi connectivity index (χ2n) is 6.31. The number of carbonyl (C=O) groups is 1. The monoisotopic (exact) mass is 442 g/mol. The van der Waals surface area contributed by atoms with Gasteiger partial charge in [-0.15, -0.1) is 21.5 Å². The third-order valence-corrected chi connectivity index (χ3v) is 6.04. The van der Waals surface area contributed by atoms with E-state index in [0.29, 0.717) is 29.9 Å². The Morgan fingerprint density at radius 3 is 2.80 bits per heavy atom. The molecule has 154 valence electrons. The number of aromatic carboxylic acids is 1. The summed E-state index contributed by atoms with van der Waals surface area (Å²) in [6.45, 7) is 2.81. The van der Waals surface area contributed by atoms with Gasteiger partial charge in [0.05, 0.1) is 23.4 Å². The molecule has 0 aliphatic heterocycles. The molecule has 0 spiro atoms. The Morgan fingerprint density at radius 2 is 2.10 bits per heavy atom. The molecule has 0 saturated heterocycles. The molecule has 0 atom stereocenters. The molecule has 11 heteroatoms. The van der Waals surface area contributed by atoms with E-state index < -0.39 is 5.97 Å². The highest BCUT2D eigenvalue weighted by atomic mass is 32.1. The van der Waals surface area contributed by atoms with Crippen LogP contribution in [0.4, 0.5) is 21.9 Å².